The number of aryl methyl sites for hydroxylation is 1. The minimum atomic E-state index is -0.451. The number of nitrogens with one attached hydrogen (secondary N) is 1. The summed E-state index contributed by atoms with van der Waals surface area (Å²) in [6, 6.07) is 2.98. The van der Waals surface area contributed by atoms with Crippen molar-refractivity contribution in [1.82, 2.24) is 9.55 Å². The van der Waals surface area contributed by atoms with Crippen LogP contribution in [0.15, 0.2) is 27.6 Å². The van der Waals surface area contributed by atoms with E-state index in [0.717, 1.165) is 11.3 Å². The van der Waals surface area contributed by atoms with E-state index in [0.29, 0.717) is 26.8 Å². The number of pyridine rings is 1. The van der Waals surface area contributed by atoms with Gasteiger partial charge in [-0.2, -0.15) is 0 Å². The van der Waals surface area contributed by atoms with Gasteiger partial charge in [0.1, 0.15) is 11.4 Å². The molecule has 1 amide bonds. The predicted molar refractivity (Wildman–Crippen MR) is 99.0 cm³/mol. The van der Waals surface area contributed by atoms with Crippen molar-refractivity contribution >= 4 is 44.3 Å². The molecule has 134 valence electrons. The molecule has 0 saturated carbocycles. The Hall–Kier alpha value is -2.00. The number of ether oxygens (including phenoxy) is 1. The molecule has 0 radical (unpaired) electrons. The minimum Gasteiger partial charge on any atom is -0.461 e. The van der Waals surface area contributed by atoms with Crippen LogP contribution in [-0.4, -0.2) is 28.0 Å². The Labute approximate surface area is 157 Å². The second-order valence-electron chi connectivity index (χ2n) is 5.79. The maximum absolute atomic E-state index is 12.1. The number of amides is 1. The van der Waals surface area contributed by atoms with E-state index in [1.54, 1.807) is 13.0 Å². The fourth-order valence-electron chi connectivity index (χ4n) is 1.89. The molecule has 2 heterocycles. The number of halogens is 1. The van der Waals surface area contributed by atoms with Crippen LogP contribution in [0.1, 0.15) is 29.2 Å². The third-order valence-corrected chi connectivity index (χ3v) is 4.56. The van der Waals surface area contributed by atoms with Gasteiger partial charge in [-0.1, -0.05) is 25.2 Å². The number of carbonyl (C=O) groups is 2. The van der Waals surface area contributed by atoms with E-state index in [2.05, 4.69) is 26.2 Å². The summed E-state index contributed by atoms with van der Waals surface area (Å²) < 4.78 is 7.15. The third-order valence-electron chi connectivity index (χ3n) is 3.04. The Balaban J connectivity index is 2.04. The van der Waals surface area contributed by atoms with Crippen LogP contribution in [-0.2, 0) is 16.1 Å². The summed E-state index contributed by atoms with van der Waals surface area (Å²) in [5, 5.41) is 2.90. The summed E-state index contributed by atoms with van der Waals surface area (Å²) in [5.41, 5.74) is 0.209. The summed E-state index contributed by atoms with van der Waals surface area (Å²) >= 11 is 4.30. The Morgan fingerprint density at radius 2 is 2.12 bits per heavy atom. The van der Waals surface area contributed by atoms with Gasteiger partial charge in [-0.15, -0.1) is 0 Å². The van der Waals surface area contributed by atoms with Crippen LogP contribution in [0, 0.1) is 12.8 Å². The van der Waals surface area contributed by atoms with Gasteiger partial charge in [-0.25, -0.2) is 9.78 Å². The zero-order valence-electron chi connectivity index (χ0n) is 14.0. The normalized spacial score (nSPS) is 10.8. The number of hydrogen-bond donors (Lipinski definition) is 1. The van der Waals surface area contributed by atoms with Crippen molar-refractivity contribution in [2.75, 3.05) is 11.9 Å². The first-order valence-electron chi connectivity index (χ1n) is 7.56. The minimum absolute atomic E-state index is 0.149. The first-order valence-corrected chi connectivity index (χ1v) is 9.17. The van der Waals surface area contributed by atoms with E-state index in [-0.39, 0.29) is 18.0 Å². The van der Waals surface area contributed by atoms with Crippen LogP contribution in [0.2, 0.25) is 0 Å². The van der Waals surface area contributed by atoms with Crippen LogP contribution in [0.4, 0.5) is 5.13 Å². The van der Waals surface area contributed by atoms with Gasteiger partial charge in [0.05, 0.1) is 12.3 Å². The number of nitrogens with zero attached hydrogens (tertiary/aromatic N) is 2. The highest BCUT2D eigenvalue weighted by Crippen LogP contribution is 2.23. The lowest BCUT2D eigenvalue weighted by Crippen LogP contribution is -2.26. The highest BCUT2D eigenvalue weighted by atomic mass is 79.9. The lowest BCUT2D eigenvalue weighted by Gasteiger charge is -2.06. The average molecular weight is 428 g/mol. The molecule has 0 bridgehead atoms. The summed E-state index contributed by atoms with van der Waals surface area (Å²) in [6.07, 6.45) is 1.53. The number of thiazole rings is 1. The third kappa shape index (κ3) is 5.50. The highest BCUT2D eigenvalue weighted by Gasteiger charge is 2.18. The standard InChI is InChI=1S/C16H18BrN3O4S/c1-9(2)8-24-15(23)14-10(3)18-16(25-14)19-12(21)7-20-6-11(17)4-5-13(20)22/h4-6,9H,7-8H2,1-3H3,(H,18,19,21). The van der Waals surface area contributed by atoms with Crippen molar-refractivity contribution < 1.29 is 14.3 Å². The molecule has 0 aliphatic heterocycles. The van der Waals surface area contributed by atoms with Gasteiger partial charge in [0.2, 0.25) is 5.91 Å². The van der Waals surface area contributed by atoms with E-state index in [9.17, 15) is 14.4 Å². The Morgan fingerprint density at radius 3 is 2.80 bits per heavy atom. The first kappa shape index (κ1) is 19.3. The molecule has 0 unspecified atom stereocenters. The van der Waals surface area contributed by atoms with Gasteiger partial charge in [0, 0.05) is 16.7 Å². The molecule has 7 nitrogen and oxygen atoms in total. The molecular formula is C16H18BrN3O4S. The van der Waals surface area contributed by atoms with Crippen LogP contribution < -0.4 is 10.9 Å². The molecule has 0 atom stereocenters. The molecular weight excluding hydrogens is 410 g/mol. The molecule has 0 aliphatic rings. The molecule has 0 aliphatic carbocycles. The largest absolute Gasteiger partial charge is 0.461 e. The van der Waals surface area contributed by atoms with Gasteiger partial charge >= 0.3 is 5.97 Å². The van der Waals surface area contributed by atoms with E-state index in [1.807, 2.05) is 13.8 Å². The summed E-state index contributed by atoms with van der Waals surface area (Å²) in [6.45, 7) is 5.75. The van der Waals surface area contributed by atoms with E-state index >= 15 is 0 Å². The van der Waals surface area contributed by atoms with Crippen molar-refractivity contribution in [1.29, 1.82) is 0 Å². The SMILES string of the molecule is Cc1nc(NC(=O)Cn2cc(Br)ccc2=O)sc1C(=O)OCC(C)C. The van der Waals surface area contributed by atoms with Crippen LogP contribution in [0.5, 0.6) is 0 Å². The van der Waals surface area contributed by atoms with Gasteiger partial charge in [-0.05, 0) is 34.8 Å². The molecule has 0 fully saturated rings. The van der Waals surface area contributed by atoms with E-state index in [1.165, 1.54) is 16.8 Å². The van der Waals surface area contributed by atoms with E-state index < -0.39 is 11.9 Å². The lowest BCUT2D eigenvalue weighted by molar-refractivity contribution is -0.116. The van der Waals surface area contributed by atoms with Crippen molar-refractivity contribution in [2.24, 2.45) is 5.92 Å². The number of hydrogen-bond acceptors (Lipinski definition) is 6. The van der Waals surface area contributed by atoms with E-state index in [4.69, 9.17) is 4.74 Å². The number of esters is 1. The maximum Gasteiger partial charge on any atom is 0.350 e. The fourth-order valence-corrected chi connectivity index (χ4v) is 3.14. The van der Waals surface area contributed by atoms with Gasteiger partial charge in [0.25, 0.3) is 5.56 Å². The molecule has 2 aromatic heterocycles. The Morgan fingerprint density at radius 1 is 1.40 bits per heavy atom. The smallest absolute Gasteiger partial charge is 0.350 e. The zero-order valence-corrected chi connectivity index (χ0v) is 16.4. The molecule has 0 spiro atoms. The van der Waals surface area contributed by atoms with Crippen molar-refractivity contribution in [3.05, 3.63) is 43.7 Å². The van der Waals surface area contributed by atoms with Crippen molar-refractivity contribution in [3.63, 3.8) is 0 Å². The molecule has 1 N–H and O–H groups in total. The number of aromatic nitrogens is 2. The quantitative estimate of drug-likeness (QED) is 0.715. The van der Waals surface area contributed by atoms with Gasteiger partial charge in [0.15, 0.2) is 5.13 Å². The summed E-state index contributed by atoms with van der Waals surface area (Å²) in [4.78, 5) is 40.4. The summed E-state index contributed by atoms with van der Waals surface area (Å²) in [5.74, 6) is -0.622. The Kier molecular flexibility index (Phi) is 6.49. The molecule has 0 aromatic carbocycles. The second-order valence-corrected chi connectivity index (χ2v) is 7.70. The first-order chi connectivity index (χ1) is 11.8. The number of anilines is 1. The summed E-state index contributed by atoms with van der Waals surface area (Å²) in [7, 11) is 0. The zero-order chi connectivity index (χ0) is 18.6. The van der Waals surface area contributed by atoms with Gasteiger partial charge in [-0.3, -0.25) is 9.59 Å². The maximum atomic E-state index is 12.1. The fraction of sp³-hybridized carbons (Fsp3) is 0.375. The molecule has 9 heteroatoms. The molecule has 2 aromatic rings. The van der Waals surface area contributed by atoms with Crippen molar-refractivity contribution in [2.45, 2.75) is 27.3 Å². The molecule has 2 rings (SSSR count). The Bertz CT molecular complexity index is 844. The predicted octanol–water partition coefficient (Wildman–Crippen LogP) is 2.83. The van der Waals surface area contributed by atoms with Crippen molar-refractivity contribution in [3.8, 4) is 0 Å². The molecule has 0 saturated heterocycles. The van der Waals surface area contributed by atoms with Crippen LogP contribution in [0.25, 0.3) is 0 Å². The number of rotatable bonds is 6. The number of carbonyl (C=O) groups excluding carboxylic acids is 2. The molecule has 25 heavy (non-hydrogen) atoms. The van der Waals surface area contributed by atoms with Crippen LogP contribution in [0.3, 0.4) is 0 Å². The topological polar surface area (TPSA) is 90.3 Å². The average Bonchev–Trinajstić information content (AvgIpc) is 2.88. The lowest BCUT2D eigenvalue weighted by atomic mass is 10.2. The van der Waals surface area contributed by atoms with Crippen LogP contribution >= 0.6 is 27.3 Å². The van der Waals surface area contributed by atoms with Gasteiger partial charge < -0.3 is 14.6 Å². The second kappa shape index (κ2) is 8.39. The highest BCUT2D eigenvalue weighted by molar-refractivity contribution is 9.10. The monoisotopic (exact) mass is 427 g/mol.